The molecule has 3 rings (SSSR count). The van der Waals surface area contributed by atoms with Gasteiger partial charge in [-0.3, -0.25) is 24.6 Å². The third-order valence-corrected chi connectivity index (χ3v) is 5.39. The van der Waals surface area contributed by atoms with Crippen LogP contribution in [0.15, 0.2) is 48.5 Å². The van der Waals surface area contributed by atoms with E-state index in [0.717, 1.165) is 11.1 Å². The van der Waals surface area contributed by atoms with Gasteiger partial charge in [0.25, 0.3) is 5.69 Å². The van der Waals surface area contributed by atoms with E-state index < -0.39 is 11.0 Å². The van der Waals surface area contributed by atoms with Gasteiger partial charge in [0, 0.05) is 44.0 Å². The zero-order valence-corrected chi connectivity index (χ0v) is 17.2. The highest BCUT2D eigenvalue weighted by Crippen LogP contribution is 2.18. The predicted molar refractivity (Wildman–Crippen MR) is 114 cm³/mol. The van der Waals surface area contributed by atoms with Crippen LogP contribution in [-0.2, 0) is 16.0 Å². The van der Waals surface area contributed by atoms with Crippen molar-refractivity contribution in [2.24, 2.45) is 0 Å². The number of non-ortho nitro benzene ring substituents is 1. The second kappa shape index (κ2) is 9.49. The average Bonchev–Trinajstić information content (AvgIpc) is 2.75. The monoisotopic (exact) mass is 410 g/mol. The number of nitrogens with zero attached hydrogens (tertiary/aromatic N) is 3. The number of carbonyl (C=O) groups is 2. The maximum atomic E-state index is 12.6. The third-order valence-electron chi connectivity index (χ3n) is 5.39. The highest BCUT2D eigenvalue weighted by atomic mass is 16.6. The number of rotatable bonds is 6. The smallest absolute Gasteiger partial charge is 0.271 e. The van der Waals surface area contributed by atoms with Crippen LogP contribution in [0.4, 0.5) is 11.4 Å². The molecular formula is C22H26N4O4. The van der Waals surface area contributed by atoms with Gasteiger partial charge < -0.3 is 10.2 Å². The summed E-state index contributed by atoms with van der Waals surface area (Å²) in [6.07, 6.45) is 0.378. The normalized spacial score (nSPS) is 15.5. The molecule has 158 valence electrons. The number of benzene rings is 2. The molecule has 1 fully saturated rings. The molecule has 8 heteroatoms. The van der Waals surface area contributed by atoms with Crippen LogP contribution >= 0.6 is 0 Å². The minimum atomic E-state index is -0.494. The van der Waals surface area contributed by atoms with E-state index in [1.165, 1.54) is 18.2 Å². The van der Waals surface area contributed by atoms with Gasteiger partial charge in [-0.15, -0.1) is 0 Å². The zero-order chi connectivity index (χ0) is 21.7. The standard InChI is InChI=1S/C22H26N4O4/c1-16-6-8-18(9-7-16)14-21(27)25-12-10-24(11-13-25)17(2)22(28)23-19-4-3-5-20(15-19)26(29)30/h3-9,15,17H,10-14H2,1-2H3,(H,23,28). The van der Waals surface area contributed by atoms with Gasteiger partial charge in [0.2, 0.25) is 11.8 Å². The molecule has 0 spiro atoms. The Hall–Kier alpha value is -3.26. The summed E-state index contributed by atoms with van der Waals surface area (Å²) in [6.45, 7) is 6.15. The van der Waals surface area contributed by atoms with E-state index in [1.54, 1.807) is 13.0 Å². The van der Waals surface area contributed by atoms with Crippen molar-refractivity contribution in [2.75, 3.05) is 31.5 Å². The number of hydrogen-bond acceptors (Lipinski definition) is 5. The van der Waals surface area contributed by atoms with Gasteiger partial charge in [-0.05, 0) is 25.5 Å². The van der Waals surface area contributed by atoms with Gasteiger partial charge in [-0.25, -0.2) is 0 Å². The first-order chi connectivity index (χ1) is 14.3. The molecule has 0 aromatic heterocycles. The topological polar surface area (TPSA) is 95.8 Å². The number of aryl methyl sites for hydroxylation is 1. The largest absolute Gasteiger partial charge is 0.340 e. The summed E-state index contributed by atoms with van der Waals surface area (Å²) in [5.41, 5.74) is 2.49. The van der Waals surface area contributed by atoms with Gasteiger partial charge in [-0.2, -0.15) is 0 Å². The minimum absolute atomic E-state index is 0.0684. The lowest BCUT2D eigenvalue weighted by Crippen LogP contribution is -2.54. The Morgan fingerprint density at radius 3 is 2.40 bits per heavy atom. The van der Waals surface area contributed by atoms with Crippen molar-refractivity contribution < 1.29 is 14.5 Å². The molecule has 1 atom stereocenters. The molecule has 0 aliphatic carbocycles. The Bertz CT molecular complexity index is 921. The second-order valence-electron chi connectivity index (χ2n) is 7.55. The van der Waals surface area contributed by atoms with Crippen LogP contribution in [-0.4, -0.2) is 58.8 Å². The van der Waals surface area contributed by atoms with E-state index >= 15 is 0 Å². The molecule has 1 unspecified atom stereocenters. The fourth-order valence-electron chi connectivity index (χ4n) is 3.46. The summed E-state index contributed by atoms with van der Waals surface area (Å²) in [4.78, 5) is 39.4. The van der Waals surface area contributed by atoms with Crippen LogP contribution in [0.1, 0.15) is 18.1 Å². The van der Waals surface area contributed by atoms with E-state index in [2.05, 4.69) is 5.32 Å². The predicted octanol–water partition coefficient (Wildman–Crippen LogP) is 2.62. The number of hydrogen-bond donors (Lipinski definition) is 1. The Balaban J connectivity index is 1.50. The average molecular weight is 410 g/mol. The Morgan fingerprint density at radius 1 is 1.10 bits per heavy atom. The second-order valence-corrected chi connectivity index (χ2v) is 7.55. The number of anilines is 1. The molecule has 1 aliphatic heterocycles. The molecular weight excluding hydrogens is 384 g/mol. The van der Waals surface area contributed by atoms with Crippen LogP contribution in [0, 0.1) is 17.0 Å². The SMILES string of the molecule is Cc1ccc(CC(=O)N2CCN(C(C)C(=O)Nc3cccc([N+](=O)[O-])c3)CC2)cc1. The molecule has 1 N–H and O–H groups in total. The summed E-state index contributed by atoms with van der Waals surface area (Å²) < 4.78 is 0. The van der Waals surface area contributed by atoms with E-state index in [9.17, 15) is 19.7 Å². The number of nitro groups is 1. The van der Waals surface area contributed by atoms with Crippen molar-refractivity contribution in [3.05, 3.63) is 69.8 Å². The summed E-state index contributed by atoms with van der Waals surface area (Å²) in [5, 5.41) is 13.6. The van der Waals surface area contributed by atoms with E-state index in [4.69, 9.17) is 0 Å². The zero-order valence-electron chi connectivity index (χ0n) is 17.2. The summed E-state index contributed by atoms with van der Waals surface area (Å²) in [5.74, 6) is -0.137. The molecule has 30 heavy (non-hydrogen) atoms. The van der Waals surface area contributed by atoms with Crippen molar-refractivity contribution in [3.63, 3.8) is 0 Å². The molecule has 8 nitrogen and oxygen atoms in total. The lowest BCUT2D eigenvalue weighted by atomic mass is 10.1. The maximum absolute atomic E-state index is 12.6. The Morgan fingerprint density at radius 2 is 1.77 bits per heavy atom. The van der Waals surface area contributed by atoms with Gasteiger partial charge in [0.1, 0.15) is 0 Å². The lowest BCUT2D eigenvalue weighted by Gasteiger charge is -2.37. The van der Waals surface area contributed by atoms with Crippen LogP contribution in [0.25, 0.3) is 0 Å². The van der Waals surface area contributed by atoms with Crippen LogP contribution in [0.2, 0.25) is 0 Å². The number of nitro benzene ring substituents is 1. The van der Waals surface area contributed by atoms with Crippen molar-refractivity contribution in [1.82, 2.24) is 9.80 Å². The molecule has 1 aliphatic rings. The molecule has 0 radical (unpaired) electrons. The Kier molecular flexibility index (Phi) is 6.79. The summed E-state index contributed by atoms with van der Waals surface area (Å²) in [6, 6.07) is 13.4. The molecule has 0 saturated carbocycles. The van der Waals surface area contributed by atoms with Crippen LogP contribution in [0.5, 0.6) is 0 Å². The molecule has 2 amide bonds. The lowest BCUT2D eigenvalue weighted by molar-refractivity contribution is -0.384. The van der Waals surface area contributed by atoms with Gasteiger partial charge in [-0.1, -0.05) is 35.9 Å². The van der Waals surface area contributed by atoms with Gasteiger partial charge >= 0.3 is 0 Å². The molecule has 2 aromatic carbocycles. The fourth-order valence-corrected chi connectivity index (χ4v) is 3.46. The van der Waals surface area contributed by atoms with Gasteiger partial charge in [0.05, 0.1) is 17.4 Å². The first-order valence-electron chi connectivity index (χ1n) is 9.96. The highest BCUT2D eigenvalue weighted by molar-refractivity contribution is 5.94. The molecule has 0 bridgehead atoms. The number of piperazine rings is 1. The number of nitrogens with one attached hydrogen (secondary N) is 1. The van der Waals surface area contributed by atoms with Crippen molar-refractivity contribution in [1.29, 1.82) is 0 Å². The van der Waals surface area contributed by atoms with E-state index in [1.807, 2.05) is 41.0 Å². The van der Waals surface area contributed by atoms with E-state index in [0.29, 0.717) is 38.3 Å². The highest BCUT2D eigenvalue weighted by Gasteiger charge is 2.27. The number of carbonyl (C=O) groups excluding carboxylic acids is 2. The first-order valence-corrected chi connectivity index (χ1v) is 9.96. The van der Waals surface area contributed by atoms with Gasteiger partial charge in [0.15, 0.2) is 0 Å². The molecule has 1 heterocycles. The maximum Gasteiger partial charge on any atom is 0.271 e. The quantitative estimate of drug-likeness (QED) is 0.583. The van der Waals surface area contributed by atoms with Crippen molar-refractivity contribution in [3.8, 4) is 0 Å². The molecule has 1 saturated heterocycles. The van der Waals surface area contributed by atoms with Crippen molar-refractivity contribution in [2.45, 2.75) is 26.3 Å². The van der Waals surface area contributed by atoms with Crippen LogP contribution < -0.4 is 5.32 Å². The summed E-state index contributed by atoms with van der Waals surface area (Å²) >= 11 is 0. The van der Waals surface area contributed by atoms with E-state index in [-0.39, 0.29) is 17.5 Å². The fraction of sp³-hybridized carbons (Fsp3) is 0.364. The minimum Gasteiger partial charge on any atom is -0.340 e. The Labute approximate surface area is 175 Å². The molecule has 2 aromatic rings. The number of amides is 2. The third kappa shape index (κ3) is 5.42. The summed E-state index contributed by atoms with van der Waals surface area (Å²) in [7, 11) is 0. The first kappa shape index (κ1) is 21.4. The van der Waals surface area contributed by atoms with Crippen molar-refractivity contribution >= 4 is 23.2 Å². The van der Waals surface area contributed by atoms with Crippen LogP contribution in [0.3, 0.4) is 0 Å².